The third-order valence-electron chi connectivity index (χ3n) is 7.11. The van der Waals surface area contributed by atoms with Crippen LogP contribution in [0, 0.1) is 0 Å². The lowest BCUT2D eigenvalue weighted by molar-refractivity contribution is 3.23. The molecule has 0 amide bonds. The van der Waals surface area contributed by atoms with Crippen LogP contribution >= 0.6 is 0 Å². The number of rotatable bonds is 16. The molecule has 0 saturated carbocycles. The average Bonchev–Trinajstić information content (AvgIpc) is 2.66. The van der Waals surface area contributed by atoms with E-state index < -0.39 is 109 Å². The lowest BCUT2D eigenvalue weighted by atomic mass is 8.29. The quantitative estimate of drug-likeness (QED) is 0.230. The van der Waals surface area contributed by atoms with E-state index in [9.17, 15) is 0 Å². The highest BCUT2D eigenvalue weighted by atomic mass is 13.4. The number of hydrogen-bond acceptors (Lipinski definition) is 0. The van der Waals surface area contributed by atoms with Crippen molar-refractivity contribution in [2.24, 2.45) is 0 Å². The Balaban J connectivity index is 7.84. The van der Waals surface area contributed by atoms with Gasteiger partial charge in [0.05, 0.1) is 0 Å². The van der Waals surface area contributed by atoms with E-state index in [4.69, 9.17) is 147 Å². The fraction of sp³-hybridized carbons (Fsp3) is 0. The molecule has 0 saturated heterocycles. The van der Waals surface area contributed by atoms with Crippen molar-refractivity contribution in [2.45, 2.75) is 0 Å². The molecule has 36 heteroatoms. The summed E-state index contributed by atoms with van der Waals surface area (Å²) >= 11 is 0. The summed E-state index contributed by atoms with van der Waals surface area (Å²) in [5, 5.41) is 0. The fourth-order valence-corrected chi connectivity index (χ4v) is 5.65. The van der Waals surface area contributed by atoms with Crippen LogP contribution in [0.3, 0.4) is 0 Å². The van der Waals surface area contributed by atoms with Crippen molar-refractivity contribution < 1.29 is 0 Å². The number of hydrogen-bond donors (Lipinski definition) is 0. The molecule has 0 heterocycles. The summed E-state index contributed by atoms with van der Waals surface area (Å²) in [6.45, 7) is 0. The lowest BCUT2D eigenvalue weighted by Gasteiger charge is -2.67. The summed E-state index contributed by atoms with van der Waals surface area (Å²) in [6, 6.07) is 0. The molecule has 0 fully saturated rings. The van der Waals surface area contributed by atoms with E-state index in [1.165, 1.54) is 0 Å². The van der Waals surface area contributed by atoms with Crippen molar-refractivity contribution in [3.63, 3.8) is 0 Å². The highest BCUT2D eigenvalue weighted by Crippen LogP contribution is 2.17. The minimum Gasteiger partial charge on any atom is -0.729 e. The highest BCUT2D eigenvalue weighted by Gasteiger charge is 2.52. The van der Waals surface area contributed by atoms with Gasteiger partial charge in [-0.3, -0.25) is 0 Å². The predicted molar refractivity (Wildman–Crippen MR) is 207 cm³/mol. The van der Waals surface area contributed by atoms with Crippen LogP contribution in [-0.2, 0) is 0 Å². The molecule has 0 unspecified atom stereocenters. The van der Waals surface area contributed by atoms with Gasteiger partial charge in [-0.2, -0.15) is 0 Å². The summed E-state index contributed by atoms with van der Waals surface area (Å²) in [6.07, 6.45) is -18.3. The Bertz CT molecular complexity index is 509. The first-order valence-electron chi connectivity index (χ1n) is 11.7. The van der Waals surface area contributed by atoms with Crippen molar-refractivity contribution in [1.82, 2.24) is 0 Å². The van der Waals surface area contributed by atoms with Crippen LogP contribution in [0.15, 0.2) is 0 Å². The first kappa shape index (κ1) is 38.3. The Labute approximate surface area is 254 Å². The van der Waals surface area contributed by atoms with Gasteiger partial charge >= 0.3 is 0 Å². The summed E-state index contributed by atoms with van der Waals surface area (Å²) in [5.74, 6) is 0. The third kappa shape index (κ3) is 10.3. The Morgan fingerprint density at radius 2 is 0.472 bits per heavy atom. The molecule has 0 atom stereocenters. The van der Waals surface area contributed by atoms with E-state index in [1.807, 2.05) is 0 Å². The molecule has 0 aromatic carbocycles. The van der Waals surface area contributed by atoms with Crippen molar-refractivity contribution in [1.29, 1.82) is 0 Å². The maximum Gasteiger partial charge on any atom is -0.000000000000486 e. The second kappa shape index (κ2) is 17.3. The SMILES string of the molecule is [B]B([B])B(B([B])[B])B(B(B([B])[B])B([B])[B])B(B(B([B])[B])B([B])[B])B(B([B])B([B-])[B-])B(B([B-])[B-])B([B-])[B-]. The molecule has 44 radical (unpaired) electrons. The third-order valence-corrected chi connectivity index (χ3v) is 7.11. The molecular formula is B36-6. The average molecular weight is 389 g/mol. The van der Waals surface area contributed by atoms with Gasteiger partial charge in [-0.25, -0.2) is 0 Å². The normalized spacial score (nSPS) is 9.72. The van der Waals surface area contributed by atoms with Gasteiger partial charge in [-0.05, 0) is 177 Å². The molecule has 0 aliphatic rings. The van der Waals surface area contributed by atoms with Gasteiger partial charge in [-0.1, -0.05) is 6.39 Å². The Kier molecular flexibility index (Phi) is 18.5. The van der Waals surface area contributed by atoms with Gasteiger partial charge in [0.25, 0.3) is 0 Å². The van der Waals surface area contributed by atoms with Gasteiger partial charge < -0.3 is 65.6 Å². The standard InChI is InChI=1S/B36/c1-20(2)29(19)34(30(21(3)4)22(5)6)36(33(27(15)16)28(17)18)35(31(23(7)8)24(9)10)32(25(11)12)26(13)14/q-6. The molecule has 0 aliphatic carbocycles. The summed E-state index contributed by atoms with van der Waals surface area (Å²) in [5.41, 5.74) is 0. The fourth-order valence-electron chi connectivity index (χ4n) is 5.65. The maximum atomic E-state index is 6.53. The van der Waals surface area contributed by atoms with Crippen LogP contribution < -0.4 is 0 Å². The van der Waals surface area contributed by atoms with Gasteiger partial charge in [-0.15, -0.1) is 6.39 Å². The monoisotopic (exact) mass is 396 g/mol. The predicted octanol–water partition coefficient (Wildman–Crippen LogP) is -13.7. The Morgan fingerprint density at radius 1 is 0.250 bits per heavy atom. The largest absolute Gasteiger partial charge is 0.729 e. The summed E-state index contributed by atoms with van der Waals surface area (Å²) in [7, 11) is 117. The van der Waals surface area contributed by atoms with Gasteiger partial charge in [0.15, 0.2) is 0 Å². The van der Waals surface area contributed by atoms with Crippen LogP contribution in [0.25, 0.3) is 0 Å². The Morgan fingerprint density at radius 3 is 0.639 bits per heavy atom. The first-order valence-corrected chi connectivity index (χ1v) is 11.7. The van der Waals surface area contributed by atoms with E-state index in [0.717, 1.165) is 0 Å². The van der Waals surface area contributed by atoms with Gasteiger partial charge in [0.2, 0.25) is 0 Å². The second-order valence-corrected chi connectivity index (χ2v) is 9.81. The van der Waals surface area contributed by atoms with Gasteiger partial charge in [0, 0.05) is 0 Å². The van der Waals surface area contributed by atoms with Crippen LogP contribution in [0.4, 0.5) is 0 Å². The molecule has 0 aromatic heterocycles. The van der Waals surface area contributed by atoms with Gasteiger partial charge in [0.1, 0.15) is 0 Å². The lowest BCUT2D eigenvalue weighted by Crippen LogP contribution is -2.91. The molecular weight excluding hydrogens is 389 g/mol. The van der Waals surface area contributed by atoms with E-state index in [-0.39, 0.29) is 0 Å². The van der Waals surface area contributed by atoms with Crippen LogP contribution in [0.5, 0.6) is 0 Å². The molecule has 0 rings (SSSR count). The highest BCUT2D eigenvalue weighted by molar-refractivity contribution is 8.30. The molecule has 0 aliphatic heterocycles. The van der Waals surface area contributed by atoms with Crippen molar-refractivity contribution in [2.75, 3.05) is 0 Å². The minimum absolute atomic E-state index is 0.964. The first-order chi connectivity index (χ1) is 16.3. The van der Waals surface area contributed by atoms with E-state index in [1.54, 1.807) is 0 Å². The molecule has 0 aromatic rings. The van der Waals surface area contributed by atoms with E-state index >= 15 is 0 Å². The molecule has 36 heavy (non-hydrogen) atoms. The van der Waals surface area contributed by atoms with Crippen molar-refractivity contribution >= 4 is 256 Å². The van der Waals surface area contributed by atoms with Crippen LogP contribution in [0.1, 0.15) is 0 Å². The van der Waals surface area contributed by atoms with Crippen molar-refractivity contribution in [3.8, 4) is 0 Å². The zero-order chi connectivity index (χ0) is 28.8. The smallest absolute Gasteiger partial charge is 0.000000000000486 e. The van der Waals surface area contributed by atoms with E-state index in [0.29, 0.717) is 0 Å². The molecule has 0 bridgehead atoms. The maximum absolute atomic E-state index is 6.53. The topological polar surface area (TPSA) is 0 Å². The second-order valence-electron chi connectivity index (χ2n) is 9.81. The van der Waals surface area contributed by atoms with Crippen LogP contribution in [-0.4, -0.2) is 256 Å². The zero-order valence-electron chi connectivity index (χ0n) is 20.8. The zero-order valence-corrected chi connectivity index (χ0v) is 20.8. The van der Waals surface area contributed by atoms with Crippen LogP contribution in [0.2, 0.25) is 0 Å². The summed E-state index contributed by atoms with van der Waals surface area (Å²) in [4.78, 5) is 0. The minimum atomic E-state index is -1.17. The molecule has 0 spiro atoms. The van der Waals surface area contributed by atoms with E-state index in [2.05, 4.69) is 0 Å². The summed E-state index contributed by atoms with van der Waals surface area (Å²) < 4.78 is 0. The molecule has 114 valence electrons. The Hall–Kier alpha value is 2.34. The molecule has 0 N–H and O–H groups in total. The van der Waals surface area contributed by atoms with Crippen molar-refractivity contribution in [3.05, 3.63) is 0 Å². The molecule has 0 nitrogen and oxygen atoms in total.